The molecule has 0 N–H and O–H groups in total. The monoisotopic (exact) mass is 208 g/mol. The van der Waals surface area contributed by atoms with Crippen LogP contribution in [-0.2, 0) is 11.2 Å². The topological polar surface area (TPSA) is 17.1 Å². The van der Waals surface area contributed by atoms with Crippen LogP contribution in [0.25, 0.3) is 0 Å². The lowest BCUT2D eigenvalue weighted by Crippen LogP contribution is -1.89. The molecule has 0 aliphatic heterocycles. The highest BCUT2D eigenvalue weighted by molar-refractivity contribution is 8.13. The van der Waals surface area contributed by atoms with Crippen molar-refractivity contribution in [1.29, 1.82) is 0 Å². The Kier molecular flexibility index (Phi) is 5.38. The minimum atomic E-state index is 0.227. The molecule has 1 nitrogen and oxygen atoms in total. The first-order valence-electron chi connectivity index (χ1n) is 4.96. The molecular weight excluding hydrogens is 192 g/mol. The number of unbranched alkanes of at least 4 members (excludes halogenated alkanes) is 1. The lowest BCUT2D eigenvalue weighted by Gasteiger charge is -2.00. The second kappa shape index (κ2) is 6.66. The highest BCUT2D eigenvalue weighted by Crippen LogP contribution is 2.09. The zero-order valence-electron chi connectivity index (χ0n) is 8.53. The highest BCUT2D eigenvalue weighted by atomic mass is 32.2. The molecule has 0 saturated heterocycles. The van der Waals surface area contributed by atoms with Crippen molar-refractivity contribution in [1.82, 2.24) is 0 Å². The molecule has 0 unspecified atom stereocenters. The number of rotatable bonds is 5. The third kappa shape index (κ3) is 5.07. The lowest BCUT2D eigenvalue weighted by molar-refractivity contribution is -0.109. The van der Waals surface area contributed by atoms with Gasteiger partial charge in [-0.15, -0.1) is 0 Å². The molecule has 0 aliphatic rings. The standard InChI is InChI=1S/C12H16OS/c1-11(13)14-10-6-5-9-12-7-3-2-4-8-12/h2-4,7-8H,5-6,9-10H2,1H3. The minimum Gasteiger partial charge on any atom is -0.288 e. The molecule has 1 aromatic carbocycles. The van der Waals surface area contributed by atoms with Crippen molar-refractivity contribution < 1.29 is 4.79 Å². The van der Waals surface area contributed by atoms with Crippen LogP contribution in [0, 0.1) is 0 Å². The molecular formula is C12H16OS. The van der Waals surface area contributed by atoms with Gasteiger partial charge >= 0.3 is 0 Å². The maximum Gasteiger partial charge on any atom is 0.185 e. The molecule has 14 heavy (non-hydrogen) atoms. The molecule has 0 aliphatic carbocycles. The summed E-state index contributed by atoms with van der Waals surface area (Å²) in [7, 11) is 0. The number of aryl methyl sites for hydroxylation is 1. The summed E-state index contributed by atoms with van der Waals surface area (Å²) in [5.74, 6) is 0.960. The zero-order valence-corrected chi connectivity index (χ0v) is 9.35. The van der Waals surface area contributed by atoms with Gasteiger partial charge < -0.3 is 0 Å². The molecule has 0 heterocycles. The summed E-state index contributed by atoms with van der Waals surface area (Å²) in [5.41, 5.74) is 1.39. The highest BCUT2D eigenvalue weighted by Gasteiger charge is 1.95. The third-order valence-electron chi connectivity index (χ3n) is 2.01. The largest absolute Gasteiger partial charge is 0.288 e. The van der Waals surface area contributed by atoms with E-state index in [1.54, 1.807) is 6.92 Å². The summed E-state index contributed by atoms with van der Waals surface area (Å²) in [6.45, 7) is 1.63. The molecule has 0 bridgehead atoms. The van der Waals surface area contributed by atoms with Crippen molar-refractivity contribution in [2.45, 2.75) is 26.2 Å². The van der Waals surface area contributed by atoms with Crippen molar-refractivity contribution in [3.05, 3.63) is 35.9 Å². The second-order valence-electron chi connectivity index (χ2n) is 3.28. The Labute approximate surface area is 89.9 Å². The molecule has 0 aromatic heterocycles. The van der Waals surface area contributed by atoms with Gasteiger partial charge in [-0.25, -0.2) is 0 Å². The lowest BCUT2D eigenvalue weighted by atomic mass is 10.1. The number of benzene rings is 1. The molecule has 0 spiro atoms. The predicted octanol–water partition coefficient (Wildman–Crippen LogP) is 3.29. The number of hydrogen-bond donors (Lipinski definition) is 0. The zero-order chi connectivity index (χ0) is 10.2. The minimum absolute atomic E-state index is 0.227. The normalized spacial score (nSPS) is 10.1. The number of hydrogen-bond acceptors (Lipinski definition) is 2. The fourth-order valence-electron chi connectivity index (χ4n) is 1.29. The first-order chi connectivity index (χ1) is 6.79. The average molecular weight is 208 g/mol. The summed E-state index contributed by atoms with van der Waals surface area (Å²) in [6, 6.07) is 10.5. The van der Waals surface area contributed by atoms with E-state index in [0.717, 1.165) is 18.6 Å². The third-order valence-corrected chi connectivity index (χ3v) is 2.91. The van der Waals surface area contributed by atoms with Gasteiger partial charge in [0.05, 0.1) is 0 Å². The van der Waals surface area contributed by atoms with E-state index in [9.17, 15) is 4.79 Å². The van der Waals surface area contributed by atoms with Gasteiger partial charge in [-0.3, -0.25) is 4.79 Å². The van der Waals surface area contributed by atoms with E-state index in [1.165, 1.54) is 23.7 Å². The molecule has 0 fully saturated rings. The molecule has 0 atom stereocenters. The van der Waals surface area contributed by atoms with Crippen molar-refractivity contribution >= 4 is 16.9 Å². The van der Waals surface area contributed by atoms with Gasteiger partial charge in [0.1, 0.15) is 0 Å². The number of thioether (sulfide) groups is 1. The smallest absolute Gasteiger partial charge is 0.185 e. The summed E-state index contributed by atoms with van der Waals surface area (Å²) in [6.07, 6.45) is 3.42. The first-order valence-corrected chi connectivity index (χ1v) is 5.95. The van der Waals surface area contributed by atoms with E-state index in [0.29, 0.717) is 0 Å². The van der Waals surface area contributed by atoms with Crippen LogP contribution in [0.4, 0.5) is 0 Å². The SMILES string of the molecule is CC(=O)SCCCCc1ccccc1. The number of carbonyl (C=O) groups is 1. The van der Waals surface area contributed by atoms with Crippen LogP contribution in [0.3, 0.4) is 0 Å². The van der Waals surface area contributed by atoms with Crippen LogP contribution in [0.15, 0.2) is 30.3 Å². The average Bonchev–Trinajstić information content (AvgIpc) is 2.18. The van der Waals surface area contributed by atoms with Gasteiger partial charge in [-0.05, 0) is 24.8 Å². The van der Waals surface area contributed by atoms with Gasteiger partial charge in [0.15, 0.2) is 5.12 Å². The summed E-state index contributed by atoms with van der Waals surface area (Å²) in [5, 5.41) is 0.227. The summed E-state index contributed by atoms with van der Waals surface area (Å²) in [4.78, 5) is 10.6. The van der Waals surface area contributed by atoms with Crippen LogP contribution in [-0.4, -0.2) is 10.9 Å². The van der Waals surface area contributed by atoms with Gasteiger partial charge in [-0.2, -0.15) is 0 Å². The molecule has 1 aromatic rings. The van der Waals surface area contributed by atoms with Crippen molar-refractivity contribution in [3.63, 3.8) is 0 Å². The van der Waals surface area contributed by atoms with Crippen molar-refractivity contribution in [2.24, 2.45) is 0 Å². The van der Waals surface area contributed by atoms with Crippen LogP contribution in [0.2, 0.25) is 0 Å². The molecule has 1 rings (SSSR count). The van der Waals surface area contributed by atoms with Gasteiger partial charge in [0.2, 0.25) is 0 Å². The Bertz CT molecular complexity index is 269. The Morgan fingerprint density at radius 3 is 2.57 bits per heavy atom. The number of carbonyl (C=O) groups excluding carboxylic acids is 1. The fraction of sp³-hybridized carbons (Fsp3) is 0.417. The van der Waals surface area contributed by atoms with E-state index in [2.05, 4.69) is 24.3 Å². The van der Waals surface area contributed by atoms with E-state index in [-0.39, 0.29) is 5.12 Å². The Hall–Kier alpha value is -0.760. The van der Waals surface area contributed by atoms with E-state index < -0.39 is 0 Å². The van der Waals surface area contributed by atoms with Gasteiger partial charge in [0.25, 0.3) is 0 Å². The van der Waals surface area contributed by atoms with Gasteiger partial charge in [0, 0.05) is 12.7 Å². The maximum absolute atomic E-state index is 10.6. The van der Waals surface area contributed by atoms with Gasteiger partial charge in [-0.1, -0.05) is 42.1 Å². The van der Waals surface area contributed by atoms with Crippen molar-refractivity contribution in [2.75, 3.05) is 5.75 Å². The van der Waals surface area contributed by atoms with E-state index >= 15 is 0 Å². The Morgan fingerprint density at radius 2 is 1.93 bits per heavy atom. The molecule has 0 amide bonds. The summed E-state index contributed by atoms with van der Waals surface area (Å²) >= 11 is 1.43. The molecule has 0 radical (unpaired) electrons. The maximum atomic E-state index is 10.6. The van der Waals surface area contributed by atoms with Crippen molar-refractivity contribution in [3.8, 4) is 0 Å². The molecule has 2 heteroatoms. The van der Waals surface area contributed by atoms with E-state index in [4.69, 9.17) is 0 Å². The first kappa shape index (κ1) is 11.3. The van der Waals surface area contributed by atoms with Crippen LogP contribution in [0.1, 0.15) is 25.3 Å². The van der Waals surface area contributed by atoms with E-state index in [1.807, 2.05) is 6.07 Å². The Morgan fingerprint density at radius 1 is 1.21 bits per heavy atom. The van der Waals surface area contributed by atoms with Crippen LogP contribution in [0.5, 0.6) is 0 Å². The second-order valence-corrected chi connectivity index (χ2v) is 4.55. The summed E-state index contributed by atoms with van der Waals surface area (Å²) < 4.78 is 0. The predicted molar refractivity (Wildman–Crippen MR) is 62.5 cm³/mol. The van der Waals surface area contributed by atoms with Crippen LogP contribution >= 0.6 is 11.8 Å². The van der Waals surface area contributed by atoms with Crippen LogP contribution < -0.4 is 0 Å². The fourth-order valence-corrected chi connectivity index (χ4v) is 1.93. The molecule has 0 saturated carbocycles. The molecule has 76 valence electrons. The Balaban J connectivity index is 2.08. The quantitative estimate of drug-likeness (QED) is 0.691.